The van der Waals surface area contributed by atoms with E-state index in [4.69, 9.17) is 0 Å². The maximum atomic E-state index is 10.5. The second-order valence-corrected chi connectivity index (χ2v) is 5.56. The van der Waals surface area contributed by atoms with Gasteiger partial charge in [-0.3, -0.25) is 4.79 Å². The van der Waals surface area contributed by atoms with E-state index >= 15 is 0 Å². The Labute approximate surface area is 120 Å². The lowest BCUT2D eigenvalue weighted by molar-refractivity contribution is 0.381. The summed E-state index contributed by atoms with van der Waals surface area (Å²) in [5, 5.41) is 0. The summed E-state index contributed by atoms with van der Waals surface area (Å²) in [4.78, 5) is 12.2. The quantitative estimate of drug-likeness (QED) is 0.300. The SMILES string of the molecule is CCCCCCCCCCCCCCN([C]=O)CC. The molecule has 0 saturated carbocycles. The van der Waals surface area contributed by atoms with Crippen molar-refractivity contribution in [2.45, 2.75) is 90.9 Å². The first-order valence-corrected chi connectivity index (χ1v) is 8.47. The Bertz CT molecular complexity index is 182. The molecule has 0 bridgehead atoms. The third-order valence-electron chi connectivity index (χ3n) is 3.79. The minimum Gasteiger partial charge on any atom is -0.335 e. The largest absolute Gasteiger partial charge is 0.335 e. The second-order valence-electron chi connectivity index (χ2n) is 5.56. The van der Waals surface area contributed by atoms with Gasteiger partial charge < -0.3 is 4.90 Å². The molecule has 0 fully saturated rings. The molecule has 0 aliphatic heterocycles. The van der Waals surface area contributed by atoms with Gasteiger partial charge in [-0.1, -0.05) is 77.6 Å². The van der Waals surface area contributed by atoms with E-state index in [-0.39, 0.29) is 0 Å². The van der Waals surface area contributed by atoms with E-state index in [0.29, 0.717) is 0 Å². The van der Waals surface area contributed by atoms with Gasteiger partial charge in [-0.2, -0.15) is 0 Å². The van der Waals surface area contributed by atoms with E-state index in [0.717, 1.165) is 19.5 Å². The van der Waals surface area contributed by atoms with Crippen LogP contribution in [-0.4, -0.2) is 24.4 Å². The predicted octanol–water partition coefficient (Wildman–Crippen LogP) is 5.08. The molecule has 0 saturated heterocycles. The zero-order valence-corrected chi connectivity index (χ0v) is 13.3. The molecule has 0 rings (SSSR count). The minimum atomic E-state index is 0.793. The van der Waals surface area contributed by atoms with Gasteiger partial charge in [0.05, 0.1) is 0 Å². The van der Waals surface area contributed by atoms with E-state index in [9.17, 15) is 4.79 Å². The summed E-state index contributed by atoms with van der Waals surface area (Å²) < 4.78 is 0. The monoisotopic (exact) mass is 268 g/mol. The van der Waals surface area contributed by atoms with Crippen LogP contribution in [-0.2, 0) is 4.79 Å². The van der Waals surface area contributed by atoms with Crippen LogP contribution in [0.15, 0.2) is 0 Å². The normalized spacial score (nSPS) is 10.6. The first kappa shape index (κ1) is 18.5. The highest BCUT2D eigenvalue weighted by atomic mass is 16.1. The summed E-state index contributed by atoms with van der Waals surface area (Å²) in [6, 6.07) is 0. The zero-order valence-electron chi connectivity index (χ0n) is 13.3. The molecule has 0 aromatic rings. The molecule has 19 heavy (non-hydrogen) atoms. The molecule has 0 aliphatic carbocycles. The van der Waals surface area contributed by atoms with Crippen LogP contribution in [0, 0.1) is 0 Å². The van der Waals surface area contributed by atoms with E-state index in [1.54, 1.807) is 4.90 Å². The van der Waals surface area contributed by atoms with E-state index in [2.05, 4.69) is 6.92 Å². The Morgan fingerprint density at radius 1 is 0.684 bits per heavy atom. The van der Waals surface area contributed by atoms with E-state index in [1.165, 1.54) is 70.6 Å². The van der Waals surface area contributed by atoms with Crippen LogP contribution in [0.5, 0.6) is 0 Å². The number of amides is 1. The van der Waals surface area contributed by atoms with Crippen molar-refractivity contribution in [2.75, 3.05) is 13.1 Å². The number of rotatable bonds is 15. The lowest BCUT2D eigenvalue weighted by Crippen LogP contribution is -2.22. The van der Waals surface area contributed by atoms with Crippen molar-refractivity contribution in [3.8, 4) is 0 Å². The highest BCUT2D eigenvalue weighted by Gasteiger charge is 1.98. The third-order valence-corrected chi connectivity index (χ3v) is 3.79. The topological polar surface area (TPSA) is 20.3 Å². The van der Waals surface area contributed by atoms with Crippen LogP contribution >= 0.6 is 0 Å². The molecule has 2 heteroatoms. The van der Waals surface area contributed by atoms with Crippen LogP contribution in [0.2, 0.25) is 0 Å². The second kappa shape index (κ2) is 15.5. The number of unbranched alkanes of at least 4 members (excludes halogenated alkanes) is 11. The Morgan fingerprint density at radius 3 is 1.47 bits per heavy atom. The number of hydrogen-bond donors (Lipinski definition) is 0. The summed E-state index contributed by atoms with van der Waals surface area (Å²) in [5.41, 5.74) is 0. The number of hydrogen-bond acceptors (Lipinski definition) is 1. The Kier molecular flexibility index (Phi) is 15.1. The molecule has 0 unspecified atom stereocenters. The lowest BCUT2D eigenvalue weighted by atomic mass is 10.1. The van der Waals surface area contributed by atoms with Crippen LogP contribution < -0.4 is 0 Å². The zero-order chi connectivity index (χ0) is 14.2. The summed E-state index contributed by atoms with van der Waals surface area (Å²) in [5.74, 6) is 0. The van der Waals surface area contributed by atoms with Gasteiger partial charge in [0, 0.05) is 13.1 Å². The number of nitrogens with zero attached hydrogens (tertiary/aromatic N) is 1. The first-order valence-electron chi connectivity index (χ1n) is 8.47. The summed E-state index contributed by atoms with van der Waals surface area (Å²) in [6.45, 7) is 5.96. The minimum absolute atomic E-state index is 0.793. The van der Waals surface area contributed by atoms with Crippen molar-refractivity contribution in [1.82, 2.24) is 4.90 Å². The Hall–Kier alpha value is -0.530. The van der Waals surface area contributed by atoms with Gasteiger partial charge in [-0.05, 0) is 13.3 Å². The van der Waals surface area contributed by atoms with Crippen molar-refractivity contribution in [1.29, 1.82) is 0 Å². The Balaban J connectivity index is 3.04. The molecule has 2 nitrogen and oxygen atoms in total. The highest BCUT2D eigenvalue weighted by molar-refractivity contribution is 5.47. The van der Waals surface area contributed by atoms with E-state index < -0.39 is 0 Å². The van der Waals surface area contributed by atoms with Gasteiger partial charge in [0.15, 0.2) is 0 Å². The molecule has 1 radical (unpaired) electrons. The number of carbonyl (C=O) groups excluding carboxylic acids is 1. The van der Waals surface area contributed by atoms with Crippen molar-refractivity contribution >= 4 is 6.41 Å². The molecule has 0 aromatic carbocycles. The van der Waals surface area contributed by atoms with Crippen LogP contribution in [0.3, 0.4) is 0 Å². The maximum Gasteiger partial charge on any atom is 0.312 e. The van der Waals surface area contributed by atoms with Crippen LogP contribution in [0.1, 0.15) is 90.9 Å². The van der Waals surface area contributed by atoms with Gasteiger partial charge in [-0.25, -0.2) is 0 Å². The van der Waals surface area contributed by atoms with Crippen molar-refractivity contribution < 1.29 is 4.79 Å². The van der Waals surface area contributed by atoms with E-state index in [1.807, 2.05) is 13.3 Å². The molecular weight excluding hydrogens is 234 g/mol. The molecule has 0 heterocycles. The fourth-order valence-electron chi connectivity index (χ4n) is 2.41. The molecule has 113 valence electrons. The average molecular weight is 268 g/mol. The molecule has 0 aliphatic rings. The van der Waals surface area contributed by atoms with Gasteiger partial charge >= 0.3 is 6.41 Å². The summed E-state index contributed by atoms with van der Waals surface area (Å²) >= 11 is 0. The molecular formula is C17H34NO. The highest BCUT2D eigenvalue weighted by Crippen LogP contribution is 2.11. The fraction of sp³-hybridized carbons (Fsp3) is 0.941. The summed E-state index contributed by atoms with van der Waals surface area (Å²) in [7, 11) is 0. The molecule has 0 aromatic heterocycles. The van der Waals surface area contributed by atoms with Crippen LogP contribution in [0.4, 0.5) is 0 Å². The third kappa shape index (κ3) is 13.7. The smallest absolute Gasteiger partial charge is 0.312 e. The molecule has 1 amide bonds. The van der Waals surface area contributed by atoms with Crippen LogP contribution in [0.25, 0.3) is 0 Å². The first-order chi connectivity index (χ1) is 9.35. The van der Waals surface area contributed by atoms with Crippen molar-refractivity contribution in [2.24, 2.45) is 0 Å². The standard InChI is InChI=1S/C17H34NO/c1-3-5-6-7-8-9-10-11-12-13-14-15-16-18(4-2)17-19/h3-16H2,1-2H3. The van der Waals surface area contributed by atoms with Gasteiger partial charge in [0.25, 0.3) is 0 Å². The average Bonchev–Trinajstić information content (AvgIpc) is 2.44. The predicted molar refractivity (Wildman–Crippen MR) is 84.0 cm³/mol. The molecule has 0 N–H and O–H groups in total. The van der Waals surface area contributed by atoms with Crippen molar-refractivity contribution in [3.63, 3.8) is 0 Å². The Morgan fingerprint density at radius 2 is 1.11 bits per heavy atom. The maximum absolute atomic E-state index is 10.5. The molecule has 0 spiro atoms. The lowest BCUT2D eigenvalue weighted by Gasteiger charge is -2.12. The fourth-order valence-corrected chi connectivity index (χ4v) is 2.41. The van der Waals surface area contributed by atoms with Gasteiger partial charge in [-0.15, -0.1) is 0 Å². The van der Waals surface area contributed by atoms with Crippen molar-refractivity contribution in [3.05, 3.63) is 0 Å². The summed E-state index contributed by atoms with van der Waals surface area (Å²) in [6.07, 6.45) is 18.3. The van der Waals surface area contributed by atoms with Gasteiger partial charge in [0.2, 0.25) is 0 Å². The van der Waals surface area contributed by atoms with Gasteiger partial charge in [0.1, 0.15) is 0 Å². The molecule has 0 atom stereocenters.